The van der Waals surface area contributed by atoms with Gasteiger partial charge >= 0.3 is 6.18 Å². The van der Waals surface area contributed by atoms with Crippen molar-refractivity contribution in [1.82, 2.24) is 4.72 Å². The molecular weight excluding hydrogens is 267 g/mol. The molecular formula is C11H12F3NO2S. The SMILES string of the molecule is CNS(=O)(=O)c1cc(C2CC2)cc(C(F)(F)F)c1. The van der Waals surface area contributed by atoms with E-state index in [-0.39, 0.29) is 10.8 Å². The van der Waals surface area contributed by atoms with Gasteiger partial charge in [0, 0.05) is 0 Å². The van der Waals surface area contributed by atoms with Crippen molar-refractivity contribution in [2.45, 2.75) is 29.8 Å². The van der Waals surface area contributed by atoms with Crippen molar-refractivity contribution in [3.63, 3.8) is 0 Å². The maximum absolute atomic E-state index is 12.7. The molecule has 2 rings (SSSR count). The average Bonchev–Trinajstić information content (AvgIpc) is 3.11. The summed E-state index contributed by atoms with van der Waals surface area (Å²) < 4.78 is 63.3. The highest BCUT2D eigenvalue weighted by atomic mass is 32.2. The maximum atomic E-state index is 12.7. The molecule has 0 atom stereocenters. The number of nitrogens with one attached hydrogen (secondary N) is 1. The minimum atomic E-state index is -4.54. The fourth-order valence-corrected chi connectivity index (χ4v) is 2.52. The zero-order chi connectivity index (χ0) is 13.6. The Kier molecular flexibility index (Phi) is 3.14. The van der Waals surface area contributed by atoms with Gasteiger partial charge in [-0.1, -0.05) is 0 Å². The maximum Gasteiger partial charge on any atom is 0.416 e. The summed E-state index contributed by atoms with van der Waals surface area (Å²) in [5.41, 5.74) is -0.473. The molecule has 1 aliphatic carbocycles. The first-order chi connectivity index (χ1) is 8.24. The second-order valence-electron chi connectivity index (χ2n) is 4.27. The zero-order valence-corrected chi connectivity index (χ0v) is 10.4. The molecule has 1 aromatic rings. The largest absolute Gasteiger partial charge is 0.416 e. The lowest BCUT2D eigenvalue weighted by Gasteiger charge is -2.12. The number of alkyl halides is 3. The van der Waals surface area contributed by atoms with E-state index < -0.39 is 21.8 Å². The molecule has 0 bridgehead atoms. The van der Waals surface area contributed by atoms with Gasteiger partial charge in [0.05, 0.1) is 10.5 Å². The average molecular weight is 279 g/mol. The van der Waals surface area contributed by atoms with E-state index in [0.717, 1.165) is 18.9 Å². The molecule has 3 nitrogen and oxygen atoms in total. The monoisotopic (exact) mass is 279 g/mol. The first-order valence-corrected chi connectivity index (χ1v) is 6.88. The molecule has 1 N–H and O–H groups in total. The smallest absolute Gasteiger partial charge is 0.214 e. The van der Waals surface area contributed by atoms with Crippen molar-refractivity contribution in [3.05, 3.63) is 29.3 Å². The van der Waals surface area contributed by atoms with Crippen LogP contribution in [0.2, 0.25) is 0 Å². The molecule has 7 heteroatoms. The first kappa shape index (κ1) is 13.4. The molecule has 1 fully saturated rings. The molecule has 1 aromatic carbocycles. The highest BCUT2D eigenvalue weighted by Gasteiger charge is 2.34. The standard InChI is InChI=1S/C11H12F3NO2S/c1-15-18(16,17)10-5-8(7-2-3-7)4-9(6-10)11(12,13)14/h4-7,15H,2-3H2,1H3. The summed E-state index contributed by atoms with van der Waals surface area (Å²) >= 11 is 0. The van der Waals surface area contributed by atoms with Gasteiger partial charge in [0.2, 0.25) is 10.0 Å². The van der Waals surface area contributed by atoms with Crippen LogP contribution in [0.1, 0.15) is 29.9 Å². The number of halogens is 3. The number of sulfonamides is 1. The minimum absolute atomic E-state index is 0.0538. The van der Waals surface area contributed by atoms with Crippen LogP contribution in [0.5, 0.6) is 0 Å². The van der Waals surface area contributed by atoms with E-state index in [9.17, 15) is 21.6 Å². The Morgan fingerprint density at radius 1 is 1.22 bits per heavy atom. The van der Waals surface area contributed by atoms with Crippen molar-refractivity contribution >= 4 is 10.0 Å². The van der Waals surface area contributed by atoms with Crippen LogP contribution in [0.3, 0.4) is 0 Å². The molecule has 0 unspecified atom stereocenters. The van der Waals surface area contributed by atoms with Crippen molar-refractivity contribution in [2.75, 3.05) is 7.05 Å². The van der Waals surface area contributed by atoms with Gasteiger partial charge in [0.1, 0.15) is 0 Å². The second kappa shape index (κ2) is 4.24. The van der Waals surface area contributed by atoms with Crippen LogP contribution < -0.4 is 4.72 Å². The summed E-state index contributed by atoms with van der Waals surface area (Å²) in [4.78, 5) is -0.332. The summed E-state index contributed by atoms with van der Waals surface area (Å²) in [6.45, 7) is 0. The molecule has 0 heterocycles. The van der Waals surface area contributed by atoms with Crippen LogP contribution in [0.15, 0.2) is 23.1 Å². The van der Waals surface area contributed by atoms with Gasteiger partial charge in [0.15, 0.2) is 0 Å². The van der Waals surface area contributed by atoms with Crippen LogP contribution in [-0.4, -0.2) is 15.5 Å². The van der Waals surface area contributed by atoms with Crippen LogP contribution in [-0.2, 0) is 16.2 Å². The predicted octanol–water partition coefficient (Wildman–Crippen LogP) is 2.49. The quantitative estimate of drug-likeness (QED) is 0.924. The molecule has 0 spiro atoms. The summed E-state index contributed by atoms with van der Waals surface area (Å²) in [5.74, 6) is 0.0538. The molecule has 0 amide bonds. The lowest BCUT2D eigenvalue weighted by Crippen LogP contribution is -2.19. The highest BCUT2D eigenvalue weighted by molar-refractivity contribution is 7.89. The third kappa shape index (κ3) is 2.67. The van der Waals surface area contributed by atoms with E-state index in [4.69, 9.17) is 0 Å². The van der Waals surface area contributed by atoms with Gasteiger partial charge < -0.3 is 0 Å². The predicted molar refractivity (Wildman–Crippen MR) is 59.7 cm³/mol. The lowest BCUT2D eigenvalue weighted by molar-refractivity contribution is -0.137. The summed E-state index contributed by atoms with van der Waals surface area (Å²) in [7, 11) is -2.69. The molecule has 0 saturated heterocycles. The first-order valence-electron chi connectivity index (χ1n) is 5.40. The third-order valence-corrected chi connectivity index (χ3v) is 4.28. The number of rotatable bonds is 3. The Bertz CT molecular complexity index is 562. The van der Waals surface area contributed by atoms with E-state index in [1.54, 1.807) is 0 Å². The molecule has 0 aromatic heterocycles. The van der Waals surface area contributed by atoms with Gasteiger partial charge in [-0.15, -0.1) is 0 Å². The highest BCUT2D eigenvalue weighted by Crippen LogP contribution is 2.43. The van der Waals surface area contributed by atoms with E-state index in [1.807, 2.05) is 4.72 Å². The normalized spacial score (nSPS) is 16.9. The van der Waals surface area contributed by atoms with E-state index in [0.29, 0.717) is 11.6 Å². The summed E-state index contributed by atoms with van der Waals surface area (Å²) in [6.07, 6.45) is -2.93. The summed E-state index contributed by atoms with van der Waals surface area (Å²) in [5, 5.41) is 0. The van der Waals surface area contributed by atoms with Crippen molar-refractivity contribution in [2.24, 2.45) is 0 Å². The Morgan fingerprint density at radius 2 is 1.83 bits per heavy atom. The Balaban J connectivity index is 2.57. The molecule has 18 heavy (non-hydrogen) atoms. The number of hydrogen-bond acceptors (Lipinski definition) is 2. The van der Waals surface area contributed by atoms with Crippen LogP contribution in [0.4, 0.5) is 13.2 Å². The number of benzene rings is 1. The Morgan fingerprint density at radius 3 is 2.28 bits per heavy atom. The third-order valence-electron chi connectivity index (χ3n) is 2.88. The fourth-order valence-electron chi connectivity index (χ4n) is 1.71. The van der Waals surface area contributed by atoms with Crippen LogP contribution in [0, 0.1) is 0 Å². The molecule has 0 radical (unpaired) electrons. The van der Waals surface area contributed by atoms with Crippen molar-refractivity contribution in [1.29, 1.82) is 0 Å². The number of hydrogen-bond donors (Lipinski definition) is 1. The van der Waals surface area contributed by atoms with E-state index in [1.165, 1.54) is 13.1 Å². The second-order valence-corrected chi connectivity index (χ2v) is 6.16. The Hall–Kier alpha value is -1.08. The van der Waals surface area contributed by atoms with E-state index in [2.05, 4.69) is 0 Å². The Labute approximate surface area is 103 Å². The van der Waals surface area contributed by atoms with Crippen LogP contribution >= 0.6 is 0 Å². The van der Waals surface area contributed by atoms with E-state index >= 15 is 0 Å². The fraction of sp³-hybridized carbons (Fsp3) is 0.455. The van der Waals surface area contributed by atoms with Crippen LogP contribution in [0.25, 0.3) is 0 Å². The van der Waals surface area contributed by atoms with Crippen molar-refractivity contribution in [3.8, 4) is 0 Å². The molecule has 1 aliphatic rings. The van der Waals surface area contributed by atoms with Gasteiger partial charge in [0.25, 0.3) is 0 Å². The van der Waals surface area contributed by atoms with Crippen molar-refractivity contribution < 1.29 is 21.6 Å². The zero-order valence-electron chi connectivity index (χ0n) is 9.58. The molecule has 1 saturated carbocycles. The minimum Gasteiger partial charge on any atom is -0.214 e. The topological polar surface area (TPSA) is 46.2 Å². The molecule has 0 aliphatic heterocycles. The summed E-state index contributed by atoms with van der Waals surface area (Å²) in [6, 6.07) is 3.02. The van der Waals surface area contributed by atoms with Gasteiger partial charge in [-0.2, -0.15) is 13.2 Å². The van der Waals surface area contributed by atoms with Gasteiger partial charge in [-0.05, 0) is 49.6 Å². The molecule has 100 valence electrons. The van der Waals surface area contributed by atoms with Gasteiger partial charge in [-0.25, -0.2) is 13.1 Å². The lowest BCUT2D eigenvalue weighted by atomic mass is 10.1. The van der Waals surface area contributed by atoms with Gasteiger partial charge in [-0.3, -0.25) is 0 Å².